The zero-order valence-electron chi connectivity index (χ0n) is 14.1. The second-order valence-electron chi connectivity index (χ2n) is 5.73. The maximum Gasteiger partial charge on any atom is 0.295 e. The van der Waals surface area contributed by atoms with Crippen LogP contribution in [0.15, 0.2) is 54.4 Å². The van der Waals surface area contributed by atoms with Crippen molar-refractivity contribution in [2.45, 2.75) is 6.04 Å². The zero-order valence-corrected chi connectivity index (χ0v) is 14.1. The van der Waals surface area contributed by atoms with Gasteiger partial charge in [0.05, 0.1) is 25.3 Å². The molecular weight excluding hydrogens is 336 g/mol. The van der Waals surface area contributed by atoms with E-state index in [1.165, 1.54) is 18.2 Å². The van der Waals surface area contributed by atoms with E-state index in [1.54, 1.807) is 42.6 Å². The van der Waals surface area contributed by atoms with Gasteiger partial charge in [0, 0.05) is 24.5 Å². The SMILES string of the molecule is COc1ccc(/C(O)=C2/C(=O)C(=O)N(CCO)C2c2cccnc2)cc1. The van der Waals surface area contributed by atoms with E-state index in [0.717, 1.165) is 0 Å². The molecular formula is C19H18N2O5. The topological polar surface area (TPSA) is 100.0 Å². The standard InChI is InChI=1S/C19H18N2O5/c1-26-14-6-4-12(5-7-14)17(23)15-16(13-3-2-8-20-11-13)21(9-10-22)19(25)18(15)24/h2-8,11,16,22-23H,9-10H2,1H3/b17-15-. The second kappa shape index (κ2) is 7.37. The molecule has 2 N–H and O–H groups in total. The maximum absolute atomic E-state index is 12.6. The number of methoxy groups -OCH3 is 1. The number of pyridine rings is 1. The molecule has 1 aromatic carbocycles. The molecule has 1 fully saturated rings. The molecule has 1 unspecified atom stereocenters. The Bertz CT molecular complexity index is 846. The number of benzene rings is 1. The van der Waals surface area contributed by atoms with Gasteiger partial charge in [0.1, 0.15) is 11.5 Å². The molecule has 7 heteroatoms. The zero-order chi connectivity index (χ0) is 18.7. The molecule has 2 aromatic rings. The van der Waals surface area contributed by atoms with Crippen molar-refractivity contribution in [3.8, 4) is 5.75 Å². The number of hydrogen-bond donors (Lipinski definition) is 2. The summed E-state index contributed by atoms with van der Waals surface area (Å²) in [7, 11) is 1.53. The first-order valence-corrected chi connectivity index (χ1v) is 8.02. The molecule has 1 saturated heterocycles. The van der Waals surface area contributed by atoms with Crippen LogP contribution < -0.4 is 4.74 Å². The Balaban J connectivity index is 2.14. The Morgan fingerprint density at radius 1 is 1.23 bits per heavy atom. The third-order valence-electron chi connectivity index (χ3n) is 4.24. The van der Waals surface area contributed by atoms with Gasteiger partial charge in [-0.2, -0.15) is 0 Å². The number of ether oxygens (including phenoxy) is 1. The Morgan fingerprint density at radius 2 is 1.96 bits per heavy atom. The first kappa shape index (κ1) is 17.6. The van der Waals surface area contributed by atoms with Crippen molar-refractivity contribution in [3.05, 3.63) is 65.5 Å². The fourth-order valence-electron chi connectivity index (χ4n) is 3.01. The number of aliphatic hydroxyl groups is 2. The summed E-state index contributed by atoms with van der Waals surface area (Å²) in [6.45, 7) is -0.324. The van der Waals surface area contributed by atoms with Crippen LogP contribution in [-0.2, 0) is 9.59 Å². The van der Waals surface area contributed by atoms with Crippen LogP contribution in [0.3, 0.4) is 0 Å². The summed E-state index contributed by atoms with van der Waals surface area (Å²) in [5.41, 5.74) is 0.943. The van der Waals surface area contributed by atoms with E-state index in [9.17, 15) is 19.8 Å². The summed E-state index contributed by atoms with van der Waals surface area (Å²) in [5, 5.41) is 20.0. The third kappa shape index (κ3) is 3.04. The smallest absolute Gasteiger partial charge is 0.295 e. The number of likely N-dealkylation sites (tertiary alicyclic amines) is 1. The summed E-state index contributed by atoms with van der Waals surface area (Å²) in [5.74, 6) is -1.23. The first-order chi connectivity index (χ1) is 12.6. The summed E-state index contributed by atoms with van der Waals surface area (Å²) < 4.78 is 5.09. The minimum atomic E-state index is -0.807. The average Bonchev–Trinajstić information content (AvgIpc) is 2.93. The van der Waals surface area contributed by atoms with Crippen LogP contribution in [0.4, 0.5) is 0 Å². The highest BCUT2D eigenvalue weighted by Crippen LogP contribution is 2.38. The van der Waals surface area contributed by atoms with Gasteiger partial charge in [0.2, 0.25) is 0 Å². The minimum absolute atomic E-state index is 0.0243. The monoisotopic (exact) mass is 354 g/mol. The van der Waals surface area contributed by atoms with Crippen LogP contribution >= 0.6 is 0 Å². The Kier molecular flexibility index (Phi) is 4.99. The van der Waals surface area contributed by atoms with Crippen LogP contribution in [0.1, 0.15) is 17.2 Å². The van der Waals surface area contributed by atoms with E-state index >= 15 is 0 Å². The number of amides is 1. The predicted octanol–water partition coefficient (Wildman–Crippen LogP) is 1.50. The number of carbonyl (C=O) groups excluding carboxylic acids is 2. The third-order valence-corrected chi connectivity index (χ3v) is 4.24. The van der Waals surface area contributed by atoms with Crippen molar-refractivity contribution in [2.75, 3.05) is 20.3 Å². The normalized spacial score (nSPS) is 19.0. The van der Waals surface area contributed by atoms with Crippen molar-refractivity contribution < 1.29 is 24.5 Å². The van der Waals surface area contributed by atoms with E-state index < -0.39 is 17.7 Å². The number of ketones is 1. The van der Waals surface area contributed by atoms with Gasteiger partial charge in [-0.3, -0.25) is 14.6 Å². The molecule has 0 spiro atoms. The quantitative estimate of drug-likeness (QED) is 0.480. The van der Waals surface area contributed by atoms with Crippen LogP contribution in [-0.4, -0.2) is 52.0 Å². The van der Waals surface area contributed by atoms with Crippen molar-refractivity contribution in [3.63, 3.8) is 0 Å². The lowest BCUT2D eigenvalue weighted by Crippen LogP contribution is -2.32. The lowest BCUT2D eigenvalue weighted by molar-refractivity contribution is -0.140. The molecule has 0 radical (unpaired) electrons. The molecule has 1 aliphatic rings. The molecule has 1 amide bonds. The van der Waals surface area contributed by atoms with Crippen LogP contribution in [0.25, 0.3) is 5.76 Å². The van der Waals surface area contributed by atoms with Crippen LogP contribution in [0.2, 0.25) is 0 Å². The number of aromatic nitrogens is 1. The van der Waals surface area contributed by atoms with E-state index in [2.05, 4.69) is 4.98 Å². The molecule has 26 heavy (non-hydrogen) atoms. The molecule has 7 nitrogen and oxygen atoms in total. The van der Waals surface area contributed by atoms with Gasteiger partial charge in [-0.05, 0) is 35.9 Å². The highest BCUT2D eigenvalue weighted by Gasteiger charge is 2.45. The average molecular weight is 354 g/mol. The molecule has 0 aliphatic carbocycles. The molecule has 134 valence electrons. The highest BCUT2D eigenvalue weighted by atomic mass is 16.5. The maximum atomic E-state index is 12.6. The number of hydrogen-bond acceptors (Lipinski definition) is 6. The van der Waals surface area contributed by atoms with Crippen molar-refractivity contribution in [1.29, 1.82) is 0 Å². The lowest BCUT2D eigenvalue weighted by Gasteiger charge is -2.24. The van der Waals surface area contributed by atoms with Gasteiger partial charge < -0.3 is 19.8 Å². The van der Waals surface area contributed by atoms with Gasteiger partial charge in [-0.25, -0.2) is 0 Å². The van der Waals surface area contributed by atoms with E-state index in [-0.39, 0.29) is 24.5 Å². The highest BCUT2D eigenvalue weighted by molar-refractivity contribution is 6.46. The van der Waals surface area contributed by atoms with Gasteiger partial charge in [0.25, 0.3) is 11.7 Å². The van der Waals surface area contributed by atoms with Gasteiger partial charge in [-0.1, -0.05) is 6.07 Å². The summed E-state index contributed by atoms with van der Waals surface area (Å²) in [6.07, 6.45) is 3.10. The Hall–Kier alpha value is -3.19. The van der Waals surface area contributed by atoms with E-state index in [0.29, 0.717) is 16.9 Å². The Morgan fingerprint density at radius 3 is 2.54 bits per heavy atom. The first-order valence-electron chi connectivity index (χ1n) is 8.02. The molecule has 1 aromatic heterocycles. The summed E-state index contributed by atoms with van der Waals surface area (Å²) >= 11 is 0. The number of Topliss-reactive ketones (excluding diaryl/α,β-unsaturated/α-hetero) is 1. The van der Waals surface area contributed by atoms with E-state index in [4.69, 9.17) is 4.74 Å². The molecule has 2 heterocycles. The van der Waals surface area contributed by atoms with Crippen molar-refractivity contribution in [1.82, 2.24) is 9.88 Å². The molecule has 1 atom stereocenters. The fourth-order valence-corrected chi connectivity index (χ4v) is 3.01. The number of rotatable bonds is 5. The Labute approximate surface area is 150 Å². The van der Waals surface area contributed by atoms with E-state index in [1.807, 2.05) is 0 Å². The van der Waals surface area contributed by atoms with Gasteiger partial charge in [-0.15, -0.1) is 0 Å². The predicted molar refractivity (Wildman–Crippen MR) is 93.3 cm³/mol. The fraction of sp³-hybridized carbons (Fsp3) is 0.211. The molecule has 1 aliphatic heterocycles. The van der Waals surface area contributed by atoms with Gasteiger partial charge in [0.15, 0.2) is 0 Å². The van der Waals surface area contributed by atoms with Gasteiger partial charge >= 0.3 is 0 Å². The minimum Gasteiger partial charge on any atom is -0.507 e. The summed E-state index contributed by atoms with van der Waals surface area (Å²) in [4.78, 5) is 30.3. The summed E-state index contributed by atoms with van der Waals surface area (Å²) in [6, 6.07) is 9.10. The number of β-amino-alcohol motifs (C(OH)–C–C–N with tert-alkyl or cyclic N) is 1. The number of aliphatic hydroxyl groups excluding tert-OH is 2. The molecule has 3 rings (SSSR count). The number of carbonyl (C=O) groups is 2. The second-order valence-corrected chi connectivity index (χ2v) is 5.73. The largest absolute Gasteiger partial charge is 0.507 e. The molecule has 0 saturated carbocycles. The number of nitrogens with zero attached hydrogens (tertiary/aromatic N) is 2. The molecule has 0 bridgehead atoms. The lowest BCUT2D eigenvalue weighted by atomic mass is 9.96. The van der Waals surface area contributed by atoms with Crippen LogP contribution in [0.5, 0.6) is 5.75 Å². The van der Waals surface area contributed by atoms with Crippen molar-refractivity contribution >= 4 is 17.4 Å². The van der Waals surface area contributed by atoms with Crippen LogP contribution in [0, 0.1) is 0 Å². The van der Waals surface area contributed by atoms with Crippen molar-refractivity contribution in [2.24, 2.45) is 0 Å².